The van der Waals surface area contributed by atoms with Gasteiger partial charge in [0.25, 0.3) is 0 Å². The van der Waals surface area contributed by atoms with E-state index >= 15 is 0 Å². The van der Waals surface area contributed by atoms with Crippen LogP contribution in [0.25, 0.3) is 10.7 Å². The second kappa shape index (κ2) is 7.52. The van der Waals surface area contributed by atoms with E-state index in [9.17, 15) is 0 Å². The highest BCUT2D eigenvalue weighted by Crippen LogP contribution is 2.41. The van der Waals surface area contributed by atoms with E-state index in [-0.39, 0.29) is 0 Å². The number of benzene rings is 1. The fourth-order valence-electron chi connectivity index (χ4n) is 2.43. The van der Waals surface area contributed by atoms with Gasteiger partial charge in [-0.15, -0.1) is 33.3 Å². The van der Waals surface area contributed by atoms with Crippen molar-refractivity contribution in [1.82, 2.24) is 14.8 Å². The molecule has 0 unspecified atom stereocenters. The summed E-state index contributed by atoms with van der Waals surface area (Å²) in [6, 6.07) is 12.8. The summed E-state index contributed by atoms with van der Waals surface area (Å²) in [6.07, 6.45) is 2.48. The van der Waals surface area contributed by atoms with Crippen LogP contribution in [0.3, 0.4) is 0 Å². The Morgan fingerprint density at radius 1 is 1.08 bits per heavy atom. The van der Waals surface area contributed by atoms with E-state index in [4.69, 9.17) is 11.6 Å². The summed E-state index contributed by atoms with van der Waals surface area (Å²) >= 11 is 11.3. The monoisotopic (exact) mass is 393 g/mol. The van der Waals surface area contributed by atoms with Crippen LogP contribution in [0.5, 0.6) is 0 Å². The van der Waals surface area contributed by atoms with Crippen molar-refractivity contribution in [2.45, 2.75) is 28.9 Å². The minimum atomic E-state index is 0.587. The molecule has 2 aromatic heterocycles. The van der Waals surface area contributed by atoms with Crippen LogP contribution in [0, 0.1) is 0 Å². The first-order valence-corrected chi connectivity index (χ1v) is 11.0. The summed E-state index contributed by atoms with van der Waals surface area (Å²) in [5, 5.41) is 12.8. The lowest BCUT2D eigenvalue weighted by Crippen LogP contribution is -1.99. The van der Waals surface area contributed by atoms with E-state index in [1.165, 1.54) is 22.6 Å². The van der Waals surface area contributed by atoms with E-state index in [2.05, 4.69) is 44.4 Å². The molecule has 0 aliphatic heterocycles. The molecule has 1 fully saturated rings. The molecule has 3 nitrogen and oxygen atoms in total. The summed E-state index contributed by atoms with van der Waals surface area (Å²) < 4.78 is 2.34. The van der Waals surface area contributed by atoms with Gasteiger partial charge in [0.2, 0.25) is 0 Å². The molecule has 0 amide bonds. The standard InChI is InChI=1S/C17H16ClN3S3/c18-12-3-7-14(8-4-12)22-10-11-24-17-20-19-16(15-2-1-9-23-15)21(17)13-5-6-13/h1-4,7-9,13H,5-6,10-11H2. The van der Waals surface area contributed by atoms with Gasteiger partial charge in [0.1, 0.15) is 0 Å². The molecule has 1 aliphatic rings. The average Bonchev–Trinajstić information content (AvgIpc) is 3.11. The van der Waals surface area contributed by atoms with Crippen molar-refractivity contribution >= 4 is 46.5 Å². The van der Waals surface area contributed by atoms with E-state index in [0.29, 0.717) is 6.04 Å². The van der Waals surface area contributed by atoms with E-state index in [1.54, 1.807) is 23.1 Å². The third-order valence-electron chi connectivity index (χ3n) is 3.71. The molecule has 0 N–H and O–H groups in total. The minimum absolute atomic E-state index is 0.587. The average molecular weight is 394 g/mol. The third-order valence-corrected chi connectivity index (χ3v) is 7.05. The summed E-state index contributed by atoms with van der Waals surface area (Å²) in [5.41, 5.74) is 0. The van der Waals surface area contributed by atoms with Crippen molar-refractivity contribution in [3.63, 3.8) is 0 Å². The number of nitrogens with zero attached hydrogens (tertiary/aromatic N) is 3. The molecule has 1 aromatic carbocycles. The van der Waals surface area contributed by atoms with Crippen molar-refractivity contribution in [3.8, 4) is 10.7 Å². The molecule has 0 saturated heterocycles. The van der Waals surface area contributed by atoms with Gasteiger partial charge in [0, 0.05) is 27.5 Å². The summed E-state index contributed by atoms with van der Waals surface area (Å²) in [6.45, 7) is 0. The maximum Gasteiger partial charge on any atom is 0.191 e. The Balaban J connectivity index is 1.39. The maximum atomic E-state index is 5.92. The number of thiophene rings is 1. The SMILES string of the molecule is Clc1ccc(SCCSc2nnc(-c3cccs3)n2C2CC2)cc1. The fourth-order valence-corrected chi connectivity index (χ4v) is 5.15. The molecule has 4 rings (SSSR count). The van der Waals surface area contributed by atoms with E-state index in [0.717, 1.165) is 27.5 Å². The molecule has 7 heteroatoms. The highest BCUT2D eigenvalue weighted by molar-refractivity contribution is 8.02. The van der Waals surface area contributed by atoms with Crippen molar-refractivity contribution < 1.29 is 0 Å². The van der Waals surface area contributed by atoms with Crippen LogP contribution in [0.2, 0.25) is 5.02 Å². The summed E-state index contributed by atoms with van der Waals surface area (Å²) in [5.74, 6) is 3.08. The van der Waals surface area contributed by atoms with E-state index < -0.39 is 0 Å². The number of aromatic nitrogens is 3. The predicted octanol–water partition coefficient (Wildman–Crippen LogP) is 5.88. The van der Waals surface area contributed by atoms with Gasteiger partial charge < -0.3 is 0 Å². The van der Waals surface area contributed by atoms with Gasteiger partial charge in [-0.25, -0.2) is 0 Å². The van der Waals surface area contributed by atoms with Crippen LogP contribution in [0.1, 0.15) is 18.9 Å². The Bertz CT molecular complexity index is 795. The maximum absolute atomic E-state index is 5.92. The smallest absolute Gasteiger partial charge is 0.191 e. The molecule has 2 heterocycles. The molecule has 0 radical (unpaired) electrons. The number of thioether (sulfide) groups is 2. The van der Waals surface area contributed by atoms with Gasteiger partial charge in [-0.3, -0.25) is 4.57 Å². The number of halogens is 1. The molecule has 1 aliphatic carbocycles. The number of hydrogen-bond donors (Lipinski definition) is 0. The Morgan fingerprint density at radius 3 is 2.58 bits per heavy atom. The van der Waals surface area contributed by atoms with Crippen LogP contribution in [0.4, 0.5) is 0 Å². The Morgan fingerprint density at radius 2 is 1.88 bits per heavy atom. The first-order chi connectivity index (χ1) is 11.8. The third kappa shape index (κ3) is 3.82. The lowest BCUT2D eigenvalue weighted by molar-refractivity contribution is 0.670. The fraction of sp³-hybridized carbons (Fsp3) is 0.294. The lowest BCUT2D eigenvalue weighted by Gasteiger charge is -2.07. The van der Waals surface area contributed by atoms with Gasteiger partial charge in [0.15, 0.2) is 11.0 Å². The number of hydrogen-bond acceptors (Lipinski definition) is 5. The van der Waals surface area contributed by atoms with Gasteiger partial charge in [-0.05, 0) is 48.6 Å². The van der Waals surface area contributed by atoms with Crippen molar-refractivity contribution in [1.29, 1.82) is 0 Å². The van der Waals surface area contributed by atoms with Crippen molar-refractivity contribution in [2.24, 2.45) is 0 Å². The lowest BCUT2D eigenvalue weighted by atomic mass is 10.4. The first kappa shape index (κ1) is 16.5. The Hall–Kier alpha value is -0.950. The van der Waals surface area contributed by atoms with Crippen LogP contribution in [-0.4, -0.2) is 26.3 Å². The molecule has 0 bridgehead atoms. The van der Waals surface area contributed by atoms with E-state index in [1.807, 2.05) is 23.9 Å². The normalized spacial score (nSPS) is 14.2. The minimum Gasteiger partial charge on any atom is -0.298 e. The predicted molar refractivity (Wildman–Crippen MR) is 105 cm³/mol. The summed E-state index contributed by atoms with van der Waals surface area (Å²) in [4.78, 5) is 2.46. The van der Waals surface area contributed by atoms with Gasteiger partial charge in [-0.2, -0.15) is 0 Å². The molecule has 1 saturated carbocycles. The quantitative estimate of drug-likeness (QED) is 0.370. The highest BCUT2D eigenvalue weighted by atomic mass is 35.5. The topological polar surface area (TPSA) is 30.7 Å². The molecule has 0 spiro atoms. The Labute approximate surface area is 158 Å². The molecular formula is C17H16ClN3S3. The van der Waals surface area contributed by atoms with Gasteiger partial charge in [0.05, 0.1) is 4.88 Å². The largest absolute Gasteiger partial charge is 0.298 e. The van der Waals surface area contributed by atoms with Crippen LogP contribution < -0.4 is 0 Å². The molecular weight excluding hydrogens is 378 g/mol. The van der Waals surface area contributed by atoms with Crippen LogP contribution in [-0.2, 0) is 0 Å². The number of rotatable bonds is 7. The summed E-state index contributed by atoms with van der Waals surface area (Å²) in [7, 11) is 0. The molecule has 3 aromatic rings. The van der Waals surface area contributed by atoms with Crippen molar-refractivity contribution in [3.05, 3.63) is 46.8 Å². The van der Waals surface area contributed by atoms with Crippen LogP contribution in [0.15, 0.2) is 51.8 Å². The molecule has 24 heavy (non-hydrogen) atoms. The Kier molecular flexibility index (Phi) is 5.17. The second-order valence-electron chi connectivity index (χ2n) is 5.54. The van der Waals surface area contributed by atoms with Crippen LogP contribution >= 0.6 is 46.5 Å². The first-order valence-electron chi connectivity index (χ1n) is 7.81. The van der Waals surface area contributed by atoms with Gasteiger partial charge >= 0.3 is 0 Å². The molecule has 124 valence electrons. The second-order valence-corrected chi connectivity index (χ2v) is 9.15. The zero-order valence-electron chi connectivity index (χ0n) is 12.9. The zero-order valence-corrected chi connectivity index (χ0v) is 16.1. The molecule has 0 atom stereocenters. The zero-order chi connectivity index (χ0) is 16.4. The van der Waals surface area contributed by atoms with Gasteiger partial charge in [-0.1, -0.05) is 29.4 Å². The van der Waals surface area contributed by atoms with Crippen molar-refractivity contribution in [2.75, 3.05) is 11.5 Å². The highest BCUT2D eigenvalue weighted by Gasteiger charge is 2.30.